The Balaban J connectivity index is 1.43. The average molecular weight is 617 g/mol. The highest BCUT2D eigenvalue weighted by atomic mass is 16.5. The van der Waals surface area contributed by atoms with Crippen LogP contribution in [0.15, 0.2) is 72.8 Å². The molecule has 2 aliphatic carbocycles. The third-order valence-corrected chi connectivity index (χ3v) is 10.4. The first-order chi connectivity index (χ1) is 22.4. The summed E-state index contributed by atoms with van der Waals surface area (Å²) in [5.74, 6) is 5.04. The van der Waals surface area contributed by atoms with E-state index in [1.165, 1.54) is 97.6 Å². The molecule has 46 heavy (non-hydrogen) atoms. The molecule has 0 unspecified atom stereocenters. The molecule has 0 bridgehead atoms. The number of anilines is 2. The zero-order valence-corrected chi connectivity index (χ0v) is 28.1. The molecule has 2 fully saturated rings. The van der Waals surface area contributed by atoms with Gasteiger partial charge in [-0.2, -0.15) is 0 Å². The van der Waals surface area contributed by atoms with Crippen LogP contribution in [-0.2, 0) is 0 Å². The molecule has 0 spiro atoms. The summed E-state index contributed by atoms with van der Waals surface area (Å²) < 4.78 is 13.2. The normalized spacial score (nSPS) is 16.1. The molecule has 4 N–H and O–H groups in total. The van der Waals surface area contributed by atoms with Crippen molar-refractivity contribution in [3.63, 3.8) is 0 Å². The topological polar surface area (TPSA) is 70.5 Å². The lowest BCUT2D eigenvalue weighted by Crippen LogP contribution is -2.12. The standard InChI is InChI=1S/C42H52N2O2/c1-4-11-36(37-26-39(30-12-7-5-8-13-30)41(24-28(37)2)45-34-20-16-32(43)17-21-34)38-27-40(31-14-9-6-10-15-31)42(25-29(38)3)46-35-22-18-33(44)19-23-35/h16-27,30-31,36H,4-15,43-44H2,1-3H3. The zero-order valence-electron chi connectivity index (χ0n) is 28.1. The summed E-state index contributed by atoms with van der Waals surface area (Å²) in [6.07, 6.45) is 14.9. The van der Waals surface area contributed by atoms with Crippen molar-refractivity contribution >= 4 is 11.4 Å². The molecule has 0 saturated heterocycles. The lowest BCUT2D eigenvalue weighted by atomic mass is 9.76. The van der Waals surface area contributed by atoms with Gasteiger partial charge in [-0.1, -0.05) is 64.0 Å². The van der Waals surface area contributed by atoms with Crippen LogP contribution in [0.5, 0.6) is 23.0 Å². The maximum Gasteiger partial charge on any atom is 0.131 e. The van der Waals surface area contributed by atoms with Gasteiger partial charge in [0.05, 0.1) is 0 Å². The van der Waals surface area contributed by atoms with Crippen molar-refractivity contribution in [2.75, 3.05) is 11.5 Å². The molecule has 4 nitrogen and oxygen atoms in total. The Labute approximate surface area is 276 Å². The van der Waals surface area contributed by atoms with Crippen molar-refractivity contribution in [2.45, 2.75) is 116 Å². The van der Waals surface area contributed by atoms with Crippen molar-refractivity contribution in [2.24, 2.45) is 0 Å². The summed E-state index contributed by atoms with van der Waals surface area (Å²) in [6.45, 7) is 6.86. The van der Waals surface area contributed by atoms with Gasteiger partial charge >= 0.3 is 0 Å². The van der Waals surface area contributed by atoms with Crippen LogP contribution in [-0.4, -0.2) is 0 Å². The Kier molecular flexibility index (Phi) is 10.2. The lowest BCUT2D eigenvalue weighted by molar-refractivity contribution is 0.417. The fourth-order valence-corrected chi connectivity index (χ4v) is 7.92. The molecule has 0 radical (unpaired) electrons. The number of nitrogen functional groups attached to an aromatic ring is 2. The highest BCUT2D eigenvalue weighted by Crippen LogP contribution is 2.46. The van der Waals surface area contributed by atoms with Gasteiger partial charge in [0.15, 0.2) is 0 Å². The zero-order chi connectivity index (χ0) is 32.0. The first-order valence-electron chi connectivity index (χ1n) is 17.7. The molecule has 0 amide bonds. The molecular formula is C42H52N2O2. The molecule has 6 rings (SSSR count). The fourth-order valence-electron chi connectivity index (χ4n) is 7.92. The van der Waals surface area contributed by atoms with Crippen LogP contribution in [0.3, 0.4) is 0 Å². The summed E-state index contributed by atoms with van der Waals surface area (Å²) in [7, 11) is 0. The van der Waals surface area contributed by atoms with Crippen LogP contribution in [0.4, 0.5) is 11.4 Å². The summed E-state index contributed by atoms with van der Waals surface area (Å²) >= 11 is 0. The van der Waals surface area contributed by atoms with Gasteiger partial charge in [-0.15, -0.1) is 0 Å². The molecule has 0 heterocycles. The van der Waals surface area contributed by atoms with Crippen molar-refractivity contribution < 1.29 is 9.47 Å². The van der Waals surface area contributed by atoms with E-state index in [9.17, 15) is 0 Å². The Morgan fingerprint density at radius 1 is 0.587 bits per heavy atom. The fraction of sp³-hybridized carbons (Fsp3) is 0.429. The maximum absolute atomic E-state index is 6.62. The van der Waals surface area contributed by atoms with Crippen LogP contribution in [0.2, 0.25) is 0 Å². The van der Waals surface area contributed by atoms with Gasteiger partial charge in [0.2, 0.25) is 0 Å². The van der Waals surface area contributed by atoms with E-state index in [4.69, 9.17) is 20.9 Å². The Morgan fingerprint density at radius 3 is 1.35 bits per heavy atom. The van der Waals surface area contributed by atoms with E-state index in [0.717, 1.165) is 47.2 Å². The van der Waals surface area contributed by atoms with Crippen LogP contribution in [0, 0.1) is 13.8 Å². The van der Waals surface area contributed by atoms with Gasteiger partial charge in [0, 0.05) is 17.3 Å². The largest absolute Gasteiger partial charge is 0.457 e. The van der Waals surface area contributed by atoms with Crippen LogP contribution in [0.1, 0.15) is 135 Å². The summed E-state index contributed by atoms with van der Waals surface area (Å²) in [5, 5.41) is 0. The highest BCUT2D eigenvalue weighted by molar-refractivity contribution is 5.54. The molecule has 2 aliphatic rings. The lowest BCUT2D eigenvalue weighted by Gasteiger charge is -2.30. The first kappa shape index (κ1) is 32.0. The summed E-state index contributed by atoms with van der Waals surface area (Å²) in [5.41, 5.74) is 21.7. The number of rotatable bonds is 10. The second kappa shape index (κ2) is 14.7. The van der Waals surface area contributed by atoms with Gasteiger partial charge < -0.3 is 20.9 Å². The molecule has 4 aromatic carbocycles. The Hall–Kier alpha value is -3.92. The van der Waals surface area contributed by atoms with Crippen LogP contribution < -0.4 is 20.9 Å². The number of hydrogen-bond acceptors (Lipinski definition) is 4. The Morgan fingerprint density at radius 2 is 0.978 bits per heavy atom. The third-order valence-electron chi connectivity index (χ3n) is 10.4. The number of benzene rings is 4. The quantitative estimate of drug-likeness (QED) is 0.174. The minimum atomic E-state index is 0.311. The Bertz CT molecular complexity index is 1480. The predicted molar refractivity (Wildman–Crippen MR) is 193 cm³/mol. The second-order valence-electron chi connectivity index (χ2n) is 13.8. The third kappa shape index (κ3) is 7.38. The van der Waals surface area contributed by atoms with E-state index in [0.29, 0.717) is 17.8 Å². The van der Waals surface area contributed by atoms with Crippen molar-refractivity contribution in [3.8, 4) is 23.0 Å². The highest BCUT2D eigenvalue weighted by Gasteiger charge is 2.28. The van der Waals surface area contributed by atoms with E-state index >= 15 is 0 Å². The van der Waals surface area contributed by atoms with Crippen LogP contribution >= 0.6 is 0 Å². The van der Waals surface area contributed by atoms with Gasteiger partial charge in [-0.05, 0) is 152 Å². The molecule has 0 aromatic heterocycles. The van der Waals surface area contributed by atoms with Crippen molar-refractivity contribution in [3.05, 3.63) is 106 Å². The molecule has 242 valence electrons. The summed E-state index contributed by atoms with van der Waals surface area (Å²) in [4.78, 5) is 0. The smallest absolute Gasteiger partial charge is 0.131 e. The van der Waals surface area contributed by atoms with Crippen LogP contribution in [0.25, 0.3) is 0 Å². The minimum Gasteiger partial charge on any atom is -0.457 e. The molecule has 0 aliphatic heterocycles. The minimum absolute atomic E-state index is 0.311. The number of aryl methyl sites for hydroxylation is 2. The SMILES string of the molecule is CCCC(c1cc(C2CCCCC2)c(Oc2ccc(N)cc2)cc1C)c1cc(C2CCCCC2)c(Oc2ccc(N)cc2)cc1C. The molecule has 0 atom stereocenters. The van der Waals surface area contributed by atoms with E-state index in [2.05, 4.69) is 45.0 Å². The number of nitrogens with two attached hydrogens (primary N) is 2. The molecule has 2 saturated carbocycles. The van der Waals surface area contributed by atoms with Gasteiger partial charge in [0.1, 0.15) is 23.0 Å². The average Bonchev–Trinajstić information content (AvgIpc) is 3.07. The van der Waals surface area contributed by atoms with E-state index in [1.807, 2.05) is 48.5 Å². The second-order valence-corrected chi connectivity index (χ2v) is 13.8. The molecule has 4 aromatic rings. The monoisotopic (exact) mass is 616 g/mol. The number of hydrogen-bond donors (Lipinski definition) is 2. The van der Waals surface area contributed by atoms with Crippen molar-refractivity contribution in [1.82, 2.24) is 0 Å². The van der Waals surface area contributed by atoms with E-state index in [-0.39, 0.29) is 0 Å². The predicted octanol–water partition coefficient (Wildman–Crippen LogP) is 12.1. The van der Waals surface area contributed by atoms with Gasteiger partial charge in [0.25, 0.3) is 0 Å². The summed E-state index contributed by atoms with van der Waals surface area (Å²) in [6, 6.07) is 25.3. The first-order valence-corrected chi connectivity index (χ1v) is 17.7. The van der Waals surface area contributed by atoms with Gasteiger partial charge in [-0.25, -0.2) is 0 Å². The van der Waals surface area contributed by atoms with Gasteiger partial charge in [-0.3, -0.25) is 0 Å². The molecular weight excluding hydrogens is 564 g/mol. The maximum atomic E-state index is 6.62. The number of ether oxygens (including phenoxy) is 2. The van der Waals surface area contributed by atoms with E-state index in [1.54, 1.807) is 0 Å². The van der Waals surface area contributed by atoms with E-state index < -0.39 is 0 Å². The van der Waals surface area contributed by atoms with Crippen molar-refractivity contribution in [1.29, 1.82) is 0 Å². The molecule has 4 heteroatoms.